The van der Waals surface area contributed by atoms with Crippen molar-refractivity contribution in [1.82, 2.24) is 9.80 Å². The van der Waals surface area contributed by atoms with Crippen LogP contribution in [0.5, 0.6) is 0 Å². The molecule has 1 rings (SSSR count). The number of amides is 2. The number of nitrogens with zero attached hydrogens (tertiary/aromatic N) is 2. The fraction of sp³-hybridized carbons (Fsp3) is 0.727. The molecule has 2 N–H and O–H groups in total. The van der Waals surface area contributed by atoms with Crippen LogP contribution < -0.4 is 0 Å². The first-order chi connectivity index (χ1) is 8.41. The van der Waals surface area contributed by atoms with Gasteiger partial charge in [0.25, 0.3) is 0 Å². The van der Waals surface area contributed by atoms with E-state index < -0.39 is 31.1 Å². The molecule has 1 aliphatic carbocycles. The molecule has 0 saturated heterocycles. The number of hydrogen-bond acceptors (Lipinski definition) is 3. The van der Waals surface area contributed by atoms with E-state index in [0.717, 1.165) is 30.6 Å². The molecule has 1 saturated carbocycles. The van der Waals surface area contributed by atoms with Gasteiger partial charge in [0, 0.05) is 13.1 Å². The molecule has 0 spiro atoms. The van der Waals surface area contributed by atoms with E-state index in [4.69, 9.17) is 10.2 Å². The van der Waals surface area contributed by atoms with Crippen LogP contribution in [-0.4, -0.2) is 64.2 Å². The summed E-state index contributed by atoms with van der Waals surface area (Å²) in [7, 11) is 1.59. The lowest BCUT2D eigenvalue weighted by atomic mass is 10.2. The number of urea groups is 1. The highest BCUT2D eigenvalue weighted by Gasteiger charge is 2.28. The van der Waals surface area contributed by atoms with Gasteiger partial charge in [0.1, 0.15) is 13.1 Å². The molecule has 0 heterocycles. The van der Waals surface area contributed by atoms with Crippen molar-refractivity contribution in [2.45, 2.75) is 31.7 Å². The summed E-state index contributed by atoms with van der Waals surface area (Å²) in [5.74, 6) is -2.44. The second kappa shape index (κ2) is 6.23. The Morgan fingerprint density at radius 1 is 1.06 bits per heavy atom. The molecule has 0 aromatic rings. The van der Waals surface area contributed by atoms with Gasteiger partial charge in [-0.05, 0) is 12.8 Å². The van der Waals surface area contributed by atoms with E-state index in [1.807, 2.05) is 0 Å². The third-order valence-corrected chi connectivity index (χ3v) is 3.10. The maximum atomic E-state index is 12.0. The Labute approximate surface area is 105 Å². The van der Waals surface area contributed by atoms with Crippen LogP contribution in [0.2, 0.25) is 0 Å². The lowest BCUT2D eigenvalue weighted by Crippen LogP contribution is -2.48. The van der Waals surface area contributed by atoms with Gasteiger partial charge in [0.15, 0.2) is 0 Å². The zero-order valence-corrected chi connectivity index (χ0v) is 10.3. The molecule has 7 nitrogen and oxygen atoms in total. The number of hydrogen-bond donors (Lipinski definition) is 2. The number of carbonyl (C=O) groups excluding carboxylic acids is 1. The lowest BCUT2D eigenvalue weighted by Gasteiger charge is -2.30. The summed E-state index contributed by atoms with van der Waals surface area (Å²) in [6.07, 6.45) is 3.85. The van der Waals surface area contributed by atoms with E-state index in [9.17, 15) is 14.4 Å². The predicted octanol–water partition coefficient (Wildman–Crippen LogP) is 0.452. The molecule has 18 heavy (non-hydrogen) atoms. The molecule has 0 aromatic carbocycles. The molecule has 1 fully saturated rings. The summed E-state index contributed by atoms with van der Waals surface area (Å²) in [6.45, 7) is -1.19. The molecule has 1 aliphatic rings. The van der Waals surface area contributed by atoms with Crippen LogP contribution in [0.4, 0.5) is 4.79 Å². The third kappa shape index (κ3) is 3.90. The second-order valence-corrected chi connectivity index (χ2v) is 4.48. The summed E-state index contributed by atoms with van der Waals surface area (Å²) in [5.41, 5.74) is 0. The fourth-order valence-electron chi connectivity index (χ4n) is 2.19. The minimum absolute atomic E-state index is 0.0857. The van der Waals surface area contributed by atoms with Gasteiger partial charge in [0.2, 0.25) is 0 Å². The zero-order chi connectivity index (χ0) is 13.7. The molecule has 0 atom stereocenters. The molecule has 0 radical (unpaired) electrons. The Balaban J connectivity index is 2.67. The van der Waals surface area contributed by atoms with Crippen molar-refractivity contribution in [2.75, 3.05) is 20.1 Å². The van der Waals surface area contributed by atoms with Gasteiger partial charge >= 0.3 is 18.0 Å². The molecule has 0 bridgehead atoms. The first-order valence-electron chi connectivity index (χ1n) is 5.87. The number of carboxylic acid groups (broad SMARTS) is 2. The number of rotatable bonds is 5. The minimum Gasteiger partial charge on any atom is -0.480 e. The number of carboxylic acids is 2. The Bertz CT molecular complexity index is 322. The summed E-state index contributed by atoms with van der Waals surface area (Å²) >= 11 is 0. The van der Waals surface area contributed by atoms with Gasteiger partial charge in [-0.25, -0.2) is 4.79 Å². The Morgan fingerprint density at radius 3 is 1.89 bits per heavy atom. The molecular weight excluding hydrogens is 240 g/mol. The molecule has 0 unspecified atom stereocenters. The van der Waals surface area contributed by atoms with Gasteiger partial charge in [0.05, 0.1) is 0 Å². The lowest BCUT2D eigenvalue weighted by molar-refractivity contribution is -0.140. The average molecular weight is 258 g/mol. The van der Waals surface area contributed by atoms with Gasteiger partial charge in [-0.15, -0.1) is 0 Å². The van der Waals surface area contributed by atoms with Crippen LogP contribution >= 0.6 is 0 Å². The molecule has 2 amide bonds. The van der Waals surface area contributed by atoms with E-state index in [0.29, 0.717) is 0 Å². The Morgan fingerprint density at radius 2 is 1.50 bits per heavy atom. The van der Waals surface area contributed by atoms with Crippen molar-refractivity contribution >= 4 is 18.0 Å². The number of carbonyl (C=O) groups is 3. The molecule has 0 aromatic heterocycles. The van der Waals surface area contributed by atoms with Crippen molar-refractivity contribution in [3.05, 3.63) is 0 Å². The SMILES string of the molecule is CN(C(=O)N(CC(=O)O)CC(=O)O)C1CCCC1. The van der Waals surface area contributed by atoms with E-state index in [1.165, 1.54) is 4.90 Å². The predicted molar refractivity (Wildman–Crippen MR) is 62.3 cm³/mol. The van der Waals surface area contributed by atoms with Gasteiger partial charge < -0.3 is 20.0 Å². The molecule has 102 valence electrons. The standard InChI is InChI=1S/C11H18N2O5/c1-12(8-4-2-3-5-8)11(18)13(6-9(14)15)7-10(16)17/h8H,2-7H2,1H3,(H,14,15)(H,16,17). The first kappa shape index (κ1) is 14.3. The van der Waals surface area contributed by atoms with Crippen LogP contribution in [0, 0.1) is 0 Å². The van der Waals surface area contributed by atoms with Crippen molar-refractivity contribution in [3.8, 4) is 0 Å². The highest BCUT2D eigenvalue weighted by atomic mass is 16.4. The van der Waals surface area contributed by atoms with Crippen LogP contribution in [0.1, 0.15) is 25.7 Å². The highest BCUT2D eigenvalue weighted by Crippen LogP contribution is 2.23. The normalized spacial score (nSPS) is 15.4. The molecular formula is C11H18N2O5. The Hall–Kier alpha value is -1.79. The van der Waals surface area contributed by atoms with Crippen LogP contribution in [0.3, 0.4) is 0 Å². The maximum absolute atomic E-state index is 12.0. The van der Waals surface area contributed by atoms with E-state index in [1.54, 1.807) is 7.05 Å². The summed E-state index contributed by atoms with van der Waals surface area (Å²) in [4.78, 5) is 35.6. The second-order valence-electron chi connectivity index (χ2n) is 4.48. The number of aliphatic carboxylic acids is 2. The van der Waals surface area contributed by atoms with E-state index >= 15 is 0 Å². The van der Waals surface area contributed by atoms with Crippen molar-refractivity contribution < 1.29 is 24.6 Å². The monoisotopic (exact) mass is 258 g/mol. The zero-order valence-electron chi connectivity index (χ0n) is 10.3. The van der Waals surface area contributed by atoms with Gasteiger partial charge in [-0.3, -0.25) is 9.59 Å². The van der Waals surface area contributed by atoms with E-state index in [2.05, 4.69) is 0 Å². The topological polar surface area (TPSA) is 98.2 Å². The van der Waals surface area contributed by atoms with Crippen molar-refractivity contribution in [1.29, 1.82) is 0 Å². The Kier molecular flexibility index (Phi) is 4.94. The average Bonchev–Trinajstić information content (AvgIpc) is 2.78. The molecule has 7 heteroatoms. The quantitative estimate of drug-likeness (QED) is 0.746. The van der Waals surface area contributed by atoms with Crippen LogP contribution in [-0.2, 0) is 9.59 Å². The van der Waals surface area contributed by atoms with Gasteiger partial charge in [-0.1, -0.05) is 12.8 Å². The fourth-order valence-corrected chi connectivity index (χ4v) is 2.19. The maximum Gasteiger partial charge on any atom is 0.323 e. The summed E-state index contributed by atoms with van der Waals surface area (Å²) in [5, 5.41) is 17.4. The van der Waals surface area contributed by atoms with Crippen molar-refractivity contribution in [2.24, 2.45) is 0 Å². The van der Waals surface area contributed by atoms with Crippen LogP contribution in [0.25, 0.3) is 0 Å². The first-order valence-corrected chi connectivity index (χ1v) is 5.87. The van der Waals surface area contributed by atoms with Crippen LogP contribution in [0.15, 0.2) is 0 Å². The van der Waals surface area contributed by atoms with Crippen molar-refractivity contribution in [3.63, 3.8) is 0 Å². The minimum atomic E-state index is -1.22. The van der Waals surface area contributed by atoms with E-state index in [-0.39, 0.29) is 6.04 Å². The summed E-state index contributed by atoms with van der Waals surface area (Å²) < 4.78 is 0. The highest BCUT2D eigenvalue weighted by molar-refractivity contribution is 5.84. The smallest absolute Gasteiger partial charge is 0.323 e. The summed E-state index contributed by atoms with van der Waals surface area (Å²) in [6, 6.07) is -0.450. The van der Waals surface area contributed by atoms with Gasteiger partial charge in [-0.2, -0.15) is 0 Å². The molecule has 0 aliphatic heterocycles. The third-order valence-electron chi connectivity index (χ3n) is 3.10. The largest absolute Gasteiger partial charge is 0.480 e.